The zero-order chi connectivity index (χ0) is 13.3. The van der Waals surface area contributed by atoms with Crippen molar-refractivity contribution in [2.24, 2.45) is 0 Å². The summed E-state index contributed by atoms with van der Waals surface area (Å²) in [4.78, 5) is 10.6. The zero-order valence-corrected chi connectivity index (χ0v) is 10.8. The SMILES string of the molecule is Cc1c(Cn2c(C)ccc2C)cccc1[N+](=O)[O-]. The highest BCUT2D eigenvalue weighted by Gasteiger charge is 2.14. The predicted octanol–water partition coefficient (Wildman–Crippen LogP) is 3.37. The third kappa shape index (κ3) is 2.14. The summed E-state index contributed by atoms with van der Waals surface area (Å²) in [6.45, 7) is 6.57. The Morgan fingerprint density at radius 1 is 1.11 bits per heavy atom. The first-order chi connectivity index (χ1) is 8.50. The van der Waals surface area contributed by atoms with Crippen LogP contribution >= 0.6 is 0 Å². The van der Waals surface area contributed by atoms with Crippen molar-refractivity contribution in [1.82, 2.24) is 4.57 Å². The summed E-state index contributed by atoms with van der Waals surface area (Å²) >= 11 is 0. The molecular weight excluding hydrogens is 228 g/mol. The molecule has 0 bridgehead atoms. The molecule has 1 aromatic carbocycles. The van der Waals surface area contributed by atoms with Gasteiger partial charge in [-0.1, -0.05) is 12.1 Å². The van der Waals surface area contributed by atoms with E-state index in [1.165, 1.54) is 11.4 Å². The Bertz CT molecular complexity index is 580. The highest BCUT2D eigenvalue weighted by atomic mass is 16.6. The van der Waals surface area contributed by atoms with Crippen LogP contribution in [0.25, 0.3) is 0 Å². The van der Waals surface area contributed by atoms with Gasteiger partial charge in [-0.3, -0.25) is 10.1 Å². The average molecular weight is 244 g/mol. The Hall–Kier alpha value is -2.10. The Morgan fingerprint density at radius 2 is 1.72 bits per heavy atom. The van der Waals surface area contributed by atoms with Gasteiger partial charge in [0, 0.05) is 29.6 Å². The van der Waals surface area contributed by atoms with Crippen LogP contribution in [0.1, 0.15) is 22.5 Å². The van der Waals surface area contributed by atoms with Gasteiger partial charge in [0.1, 0.15) is 0 Å². The monoisotopic (exact) mass is 244 g/mol. The number of nitro groups is 1. The standard InChI is InChI=1S/C14H16N2O2/c1-10-7-8-11(2)15(10)9-13-5-4-6-14(12(13)3)16(17)18/h4-8H,9H2,1-3H3. The minimum absolute atomic E-state index is 0.190. The van der Waals surface area contributed by atoms with Crippen LogP contribution in [0.4, 0.5) is 5.69 Å². The number of hydrogen-bond acceptors (Lipinski definition) is 2. The van der Waals surface area contributed by atoms with Gasteiger partial charge in [0.05, 0.1) is 4.92 Å². The molecule has 0 radical (unpaired) electrons. The lowest BCUT2D eigenvalue weighted by Crippen LogP contribution is -2.06. The fraction of sp³-hybridized carbons (Fsp3) is 0.286. The number of aryl methyl sites for hydroxylation is 2. The molecule has 0 atom stereocenters. The first-order valence-corrected chi connectivity index (χ1v) is 5.86. The minimum atomic E-state index is -0.325. The van der Waals surface area contributed by atoms with E-state index in [9.17, 15) is 10.1 Å². The van der Waals surface area contributed by atoms with E-state index >= 15 is 0 Å². The molecule has 0 saturated carbocycles. The summed E-state index contributed by atoms with van der Waals surface area (Å²) in [6, 6.07) is 9.36. The first kappa shape index (κ1) is 12.4. The van der Waals surface area contributed by atoms with Crippen LogP contribution in [0.5, 0.6) is 0 Å². The van der Waals surface area contributed by atoms with E-state index in [0.29, 0.717) is 6.54 Å². The van der Waals surface area contributed by atoms with Crippen molar-refractivity contribution in [3.05, 3.63) is 63.0 Å². The highest BCUT2D eigenvalue weighted by molar-refractivity contribution is 5.44. The van der Waals surface area contributed by atoms with E-state index in [1.807, 2.05) is 26.8 Å². The quantitative estimate of drug-likeness (QED) is 0.614. The number of nitro benzene ring substituents is 1. The summed E-state index contributed by atoms with van der Waals surface area (Å²) < 4.78 is 2.16. The molecule has 2 aromatic rings. The molecule has 4 heteroatoms. The molecule has 18 heavy (non-hydrogen) atoms. The first-order valence-electron chi connectivity index (χ1n) is 5.86. The number of hydrogen-bond donors (Lipinski definition) is 0. The van der Waals surface area contributed by atoms with Gasteiger partial charge in [-0.15, -0.1) is 0 Å². The highest BCUT2D eigenvalue weighted by Crippen LogP contribution is 2.22. The van der Waals surface area contributed by atoms with Crippen LogP contribution in [0.15, 0.2) is 30.3 Å². The fourth-order valence-corrected chi connectivity index (χ4v) is 2.16. The maximum absolute atomic E-state index is 10.9. The molecule has 1 aromatic heterocycles. The van der Waals surface area contributed by atoms with Gasteiger partial charge in [-0.25, -0.2) is 0 Å². The van der Waals surface area contributed by atoms with Crippen LogP contribution in [-0.2, 0) is 6.54 Å². The summed E-state index contributed by atoms with van der Waals surface area (Å²) in [6.07, 6.45) is 0. The van der Waals surface area contributed by atoms with E-state index in [0.717, 1.165) is 11.1 Å². The Balaban J connectivity index is 2.41. The lowest BCUT2D eigenvalue weighted by molar-refractivity contribution is -0.385. The van der Waals surface area contributed by atoms with Crippen molar-refractivity contribution < 1.29 is 4.92 Å². The number of benzene rings is 1. The maximum Gasteiger partial charge on any atom is 0.272 e. The van der Waals surface area contributed by atoms with E-state index in [1.54, 1.807) is 12.1 Å². The largest absolute Gasteiger partial charge is 0.345 e. The molecule has 0 saturated heterocycles. The van der Waals surface area contributed by atoms with Crippen LogP contribution in [0.3, 0.4) is 0 Å². The third-order valence-corrected chi connectivity index (χ3v) is 3.36. The van der Waals surface area contributed by atoms with Crippen molar-refractivity contribution in [1.29, 1.82) is 0 Å². The van der Waals surface area contributed by atoms with Crippen LogP contribution < -0.4 is 0 Å². The van der Waals surface area contributed by atoms with Gasteiger partial charge in [-0.05, 0) is 38.5 Å². The Labute approximate surface area is 106 Å². The van der Waals surface area contributed by atoms with E-state index in [2.05, 4.69) is 16.7 Å². The molecule has 4 nitrogen and oxygen atoms in total. The van der Waals surface area contributed by atoms with E-state index in [-0.39, 0.29) is 10.6 Å². The molecule has 2 rings (SSSR count). The summed E-state index contributed by atoms with van der Waals surface area (Å²) in [5, 5.41) is 10.9. The van der Waals surface area contributed by atoms with Gasteiger partial charge in [0.15, 0.2) is 0 Å². The van der Waals surface area contributed by atoms with Crippen molar-refractivity contribution in [2.45, 2.75) is 27.3 Å². The number of nitrogens with zero attached hydrogens (tertiary/aromatic N) is 2. The molecule has 0 aliphatic carbocycles. The molecule has 0 aliphatic rings. The molecular formula is C14H16N2O2. The summed E-state index contributed by atoms with van der Waals surface area (Å²) in [7, 11) is 0. The van der Waals surface area contributed by atoms with Gasteiger partial charge in [-0.2, -0.15) is 0 Å². The average Bonchev–Trinajstić information content (AvgIpc) is 2.63. The van der Waals surface area contributed by atoms with Gasteiger partial charge < -0.3 is 4.57 Å². The summed E-state index contributed by atoms with van der Waals surface area (Å²) in [5.74, 6) is 0. The molecule has 0 unspecified atom stereocenters. The topological polar surface area (TPSA) is 48.1 Å². The smallest absolute Gasteiger partial charge is 0.272 e. The molecule has 0 fully saturated rings. The third-order valence-electron chi connectivity index (χ3n) is 3.36. The lowest BCUT2D eigenvalue weighted by Gasteiger charge is -2.11. The van der Waals surface area contributed by atoms with E-state index < -0.39 is 0 Å². The van der Waals surface area contributed by atoms with Gasteiger partial charge in [0.25, 0.3) is 5.69 Å². The molecule has 0 spiro atoms. The molecule has 0 amide bonds. The fourth-order valence-electron chi connectivity index (χ4n) is 2.16. The Kier molecular flexibility index (Phi) is 3.19. The zero-order valence-electron chi connectivity index (χ0n) is 10.8. The van der Waals surface area contributed by atoms with Gasteiger partial charge in [0.2, 0.25) is 0 Å². The van der Waals surface area contributed by atoms with E-state index in [4.69, 9.17) is 0 Å². The molecule has 0 aliphatic heterocycles. The Morgan fingerprint density at radius 3 is 2.28 bits per heavy atom. The van der Waals surface area contributed by atoms with Crippen molar-refractivity contribution in [3.8, 4) is 0 Å². The molecule has 0 N–H and O–H groups in total. The van der Waals surface area contributed by atoms with Crippen LogP contribution in [-0.4, -0.2) is 9.49 Å². The molecule has 94 valence electrons. The maximum atomic E-state index is 10.9. The van der Waals surface area contributed by atoms with Crippen molar-refractivity contribution in [3.63, 3.8) is 0 Å². The van der Waals surface area contributed by atoms with Crippen LogP contribution in [0, 0.1) is 30.9 Å². The predicted molar refractivity (Wildman–Crippen MR) is 70.8 cm³/mol. The molecule has 1 heterocycles. The second-order valence-electron chi connectivity index (χ2n) is 4.52. The second kappa shape index (κ2) is 4.64. The minimum Gasteiger partial charge on any atom is -0.345 e. The van der Waals surface area contributed by atoms with Gasteiger partial charge >= 0.3 is 0 Å². The lowest BCUT2D eigenvalue weighted by atomic mass is 10.1. The van der Waals surface area contributed by atoms with Crippen LogP contribution in [0.2, 0.25) is 0 Å². The van der Waals surface area contributed by atoms with Crippen molar-refractivity contribution >= 4 is 5.69 Å². The van der Waals surface area contributed by atoms with Crippen molar-refractivity contribution in [2.75, 3.05) is 0 Å². The number of aromatic nitrogens is 1. The normalized spacial score (nSPS) is 10.6. The summed E-state index contributed by atoms with van der Waals surface area (Å²) in [5.41, 5.74) is 4.26. The second-order valence-corrected chi connectivity index (χ2v) is 4.52. The number of rotatable bonds is 3.